The van der Waals surface area contributed by atoms with Crippen LogP contribution in [0.5, 0.6) is 0 Å². The van der Waals surface area contributed by atoms with Gasteiger partial charge < -0.3 is 9.88 Å². The van der Waals surface area contributed by atoms with Gasteiger partial charge in [0.2, 0.25) is 0 Å². The van der Waals surface area contributed by atoms with Gasteiger partial charge in [0.1, 0.15) is 5.82 Å². The molecule has 0 aromatic carbocycles. The van der Waals surface area contributed by atoms with Crippen LogP contribution < -0.4 is 10.9 Å². The van der Waals surface area contributed by atoms with Crippen LogP contribution in [0.25, 0.3) is 0 Å². The molecule has 2 aromatic heterocycles. The second-order valence-corrected chi connectivity index (χ2v) is 4.81. The lowest BCUT2D eigenvalue weighted by molar-refractivity contribution is 0.755. The van der Waals surface area contributed by atoms with Gasteiger partial charge in [-0.15, -0.1) is 0 Å². The Bertz CT molecular complexity index is 595. The van der Waals surface area contributed by atoms with Crippen molar-refractivity contribution >= 4 is 21.7 Å². The van der Waals surface area contributed by atoms with E-state index in [1.807, 2.05) is 19.1 Å². The molecule has 0 saturated carbocycles. The molecule has 0 saturated heterocycles. The lowest BCUT2D eigenvalue weighted by atomic mass is 10.2. The van der Waals surface area contributed by atoms with Crippen LogP contribution in [0.1, 0.15) is 12.5 Å². The van der Waals surface area contributed by atoms with Gasteiger partial charge in [-0.2, -0.15) is 0 Å². The van der Waals surface area contributed by atoms with Crippen LogP contribution in [-0.4, -0.2) is 16.1 Å². The number of aromatic nitrogens is 2. The average Bonchev–Trinajstić information content (AvgIpc) is 2.35. The molecule has 18 heavy (non-hydrogen) atoms. The molecule has 4 nitrogen and oxygen atoms in total. The van der Waals surface area contributed by atoms with Crippen LogP contribution in [0.15, 0.2) is 45.9 Å². The van der Waals surface area contributed by atoms with Gasteiger partial charge in [-0.25, -0.2) is 4.98 Å². The van der Waals surface area contributed by atoms with E-state index in [4.69, 9.17) is 0 Å². The summed E-state index contributed by atoms with van der Waals surface area (Å²) in [5.41, 5.74) is 1.03. The molecule has 2 aromatic rings. The molecule has 0 fully saturated rings. The molecule has 0 aliphatic rings. The molecular weight excluding hydrogens is 294 g/mol. The minimum Gasteiger partial charge on any atom is -0.370 e. The topological polar surface area (TPSA) is 46.9 Å². The zero-order valence-corrected chi connectivity index (χ0v) is 11.6. The van der Waals surface area contributed by atoms with E-state index in [9.17, 15) is 4.79 Å². The minimum absolute atomic E-state index is 0.0139. The number of nitrogens with one attached hydrogen (secondary N) is 1. The van der Waals surface area contributed by atoms with Gasteiger partial charge in [-0.3, -0.25) is 4.79 Å². The Morgan fingerprint density at radius 2 is 2.22 bits per heavy atom. The van der Waals surface area contributed by atoms with Gasteiger partial charge in [0.15, 0.2) is 0 Å². The van der Waals surface area contributed by atoms with Crippen LogP contribution >= 0.6 is 15.9 Å². The fourth-order valence-corrected chi connectivity index (χ4v) is 2.05. The van der Waals surface area contributed by atoms with Crippen molar-refractivity contribution in [2.45, 2.75) is 13.5 Å². The number of pyridine rings is 2. The maximum atomic E-state index is 11.7. The summed E-state index contributed by atoms with van der Waals surface area (Å²) in [7, 11) is 0. The highest BCUT2D eigenvalue weighted by Crippen LogP contribution is 2.10. The third kappa shape index (κ3) is 3.20. The quantitative estimate of drug-likeness (QED) is 0.944. The van der Waals surface area contributed by atoms with Crippen molar-refractivity contribution in [3.8, 4) is 0 Å². The number of hydrogen-bond acceptors (Lipinski definition) is 3. The zero-order valence-electron chi connectivity index (χ0n) is 10.1. The number of halogens is 1. The molecule has 94 valence electrons. The largest absolute Gasteiger partial charge is 0.370 e. The van der Waals surface area contributed by atoms with E-state index in [1.54, 1.807) is 29.1 Å². The molecule has 2 rings (SSSR count). The third-order valence-corrected chi connectivity index (χ3v) is 2.95. The Hall–Kier alpha value is -1.62. The van der Waals surface area contributed by atoms with E-state index in [0.29, 0.717) is 6.54 Å². The highest BCUT2D eigenvalue weighted by atomic mass is 79.9. The highest BCUT2D eigenvalue weighted by molar-refractivity contribution is 9.10. The Morgan fingerprint density at radius 3 is 3.00 bits per heavy atom. The SMILES string of the molecule is CCNc1cc(Cn2cc(Br)ccc2=O)ccn1. The van der Waals surface area contributed by atoms with Gasteiger partial charge in [0.05, 0.1) is 6.54 Å². The van der Waals surface area contributed by atoms with Crippen LogP contribution in [0, 0.1) is 0 Å². The molecule has 0 aliphatic heterocycles. The fourth-order valence-electron chi connectivity index (χ4n) is 1.67. The number of hydrogen-bond donors (Lipinski definition) is 1. The van der Waals surface area contributed by atoms with Crippen molar-refractivity contribution in [2.75, 3.05) is 11.9 Å². The normalized spacial score (nSPS) is 10.3. The van der Waals surface area contributed by atoms with Gasteiger partial charge in [0.25, 0.3) is 5.56 Å². The van der Waals surface area contributed by atoms with Crippen molar-refractivity contribution in [3.63, 3.8) is 0 Å². The molecule has 0 amide bonds. The standard InChI is InChI=1S/C13H14BrN3O/c1-2-15-12-7-10(5-6-16-12)8-17-9-11(14)3-4-13(17)18/h3-7,9H,2,8H2,1H3,(H,15,16). The van der Waals surface area contributed by atoms with Crippen LogP contribution in [-0.2, 0) is 6.54 Å². The summed E-state index contributed by atoms with van der Waals surface area (Å²) in [5.74, 6) is 0.832. The van der Waals surface area contributed by atoms with Crippen molar-refractivity contribution < 1.29 is 0 Å². The Morgan fingerprint density at radius 1 is 1.39 bits per heavy atom. The second kappa shape index (κ2) is 5.82. The molecule has 0 bridgehead atoms. The van der Waals surface area contributed by atoms with Crippen molar-refractivity contribution in [3.05, 3.63) is 57.0 Å². The Kier molecular flexibility index (Phi) is 4.15. The molecule has 0 aliphatic carbocycles. The van der Waals surface area contributed by atoms with E-state index >= 15 is 0 Å². The predicted octanol–water partition coefficient (Wildman–Crippen LogP) is 2.49. The van der Waals surface area contributed by atoms with Crippen molar-refractivity contribution in [1.29, 1.82) is 0 Å². The fraction of sp³-hybridized carbons (Fsp3) is 0.231. The van der Waals surface area contributed by atoms with E-state index in [1.165, 1.54) is 0 Å². The van der Waals surface area contributed by atoms with Gasteiger partial charge in [-0.05, 0) is 46.6 Å². The lowest BCUT2D eigenvalue weighted by Gasteiger charge is -2.08. The monoisotopic (exact) mass is 307 g/mol. The van der Waals surface area contributed by atoms with E-state index in [-0.39, 0.29) is 5.56 Å². The zero-order chi connectivity index (χ0) is 13.0. The molecule has 5 heteroatoms. The average molecular weight is 308 g/mol. The molecule has 0 unspecified atom stereocenters. The van der Waals surface area contributed by atoms with Crippen LogP contribution in [0.3, 0.4) is 0 Å². The molecule has 0 atom stereocenters. The first-order valence-electron chi connectivity index (χ1n) is 5.74. The van der Waals surface area contributed by atoms with Crippen LogP contribution in [0.2, 0.25) is 0 Å². The maximum absolute atomic E-state index is 11.7. The first-order valence-corrected chi connectivity index (χ1v) is 6.53. The Labute approximate surface area is 114 Å². The number of anilines is 1. The van der Waals surface area contributed by atoms with Crippen LogP contribution in [0.4, 0.5) is 5.82 Å². The third-order valence-electron chi connectivity index (χ3n) is 2.48. The summed E-state index contributed by atoms with van der Waals surface area (Å²) in [5, 5.41) is 3.15. The van der Waals surface area contributed by atoms with E-state index < -0.39 is 0 Å². The maximum Gasteiger partial charge on any atom is 0.250 e. The molecule has 0 spiro atoms. The summed E-state index contributed by atoms with van der Waals surface area (Å²) in [6.45, 7) is 3.39. The summed E-state index contributed by atoms with van der Waals surface area (Å²) in [4.78, 5) is 15.9. The first kappa shape index (κ1) is 12.8. The van der Waals surface area contributed by atoms with E-state index in [2.05, 4.69) is 26.2 Å². The summed E-state index contributed by atoms with van der Waals surface area (Å²) < 4.78 is 2.55. The molecular formula is C13H14BrN3O. The predicted molar refractivity (Wildman–Crippen MR) is 75.9 cm³/mol. The first-order chi connectivity index (χ1) is 8.69. The highest BCUT2D eigenvalue weighted by Gasteiger charge is 2.00. The summed E-state index contributed by atoms with van der Waals surface area (Å²) in [6.07, 6.45) is 3.53. The van der Waals surface area contributed by atoms with Gasteiger partial charge in [0, 0.05) is 29.5 Å². The number of rotatable bonds is 4. The van der Waals surface area contributed by atoms with Crippen molar-refractivity contribution in [1.82, 2.24) is 9.55 Å². The molecule has 0 radical (unpaired) electrons. The smallest absolute Gasteiger partial charge is 0.250 e. The minimum atomic E-state index is -0.0139. The van der Waals surface area contributed by atoms with Gasteiger partial charge in [-0.1, -0.05) is 0 Å². The second-order valence-electron chi connectivity index (χ2n) is 3.89. The molecule has 1 N–H and O–H groups in total. The summed E-state index contributed by atoms with van der Waals surface area (Å²) >= 11 is 3.36. The Balaban J connectivity index is 2.25. The molecule has 2 heterocycles. The van der Waals surface area contributed by atoms with Gasteiger partial charge >= 0.3 is 0 Å². The lowest BCUT2D eigenvalue weighted by Crippen LogP contribution is -2.18. The van der Waals surface area contributed by atoms with Crippen molar-refractivity contribution in [2.24, 2.45) is 0 Å². The number of nitrogens with zero attached hydrogens (tertiary/aromatic N) is 2. The summed E-state index contributed by atoms with van der Waals surface area (Å²) in [6, 6.07) is 7.16. The van der Waals surface area contributed by atoms with E-state index in [0.717, 1.165) is 22.4 Å².